The molecule has 0 bridgehead atoms. The highest BCUT2D eigenvalue weighted by atomic mass is 32.2. The zero-order valence-electron chi connectivity index (χ0n) is 11.6. The summed E-state index contributed by atoms with van der Waals surface area (Å²) in [6.07, 6.45) is 0.747. The van der Waals surface area contributed by atoms with Crippen molar-refractivity contribution in [2.24, 2.45) is 0 Å². The van der Waals surface area contributed by atoms with Gasteiger partial charge in [0.15, 0.2) is 11.6 Å². The van der Waals surface area contributed by atoms with Crippen LogP contribution in [0.15, 0.2) is 17.0 Å². The molecule has 0 radical (unpaired) electrons. The van der Waals surface area contributed by atoms with Crippen LogP contribution in [-0.4, -0.2) is 46.0 Å². The van der Waals surface area contributed by atoms with E-state index in [0.717, 1.165) is 13.0 Å². The Balaban J connectivity index is 2.41. The van der Waals surface area contributed by atoms with Gasteiger partial charge in [0.2, 0.25) is 10.0 Å². The van der Waals surface area contributed by atoms with E-state index in [1.165, 1.54) is 30.5 Å². The lowest BCUT2D eigenvalue weighted by Crippen LogP contribution is -2.34. The Labute approximate surface area is 118 Å². The minimum atomic E-state index is -3.67. The molecule has 2 rings (SSSR count). The summed E-state index contributed by atoms with van der Waals surface area (Å²) < 4.78 is 45.5. The molecule has 0 unspecified atom stereocenters. The lowest BCUT2D eigenvalue weighted by molar-refractivity contribution is 0.383. The third-order valence-electron chi connectivity index (χ3n) is 3.44. The first-order valence-electron chi connectivity index (χ1n) is 6.52. The molecule has 1 aliphatic rings. The van der Waals surface area contributed by atoms with Crippen LogP contribution in [0, 0.1) is 12.7 Å². The number of nitrogens with zero attached hydrogens (tertiary/aromatic N) is 1. The summed E-state index contributed by atoms with van der Waals surface area (Å²) in [6.45, 7) is 3.71. The second kappa shape index (κ2) is 6.07. The molecule has 1 aromatic carbocycles. The van der Waals surface area contributed by atoms with Gasteiger partial charge in [-0.15, -0.1) is 0 Å². The van der Waals surface area contributed by atoms with Crippen molar-refractivity contribution in [1.29, 1.82) is 0 Å². The average Bonchev–Trinajstić information content (AvgIpc) is 2.71. The SMILES string of the molecule is COc1ccc(S(=O)(=O)N2CCCNCC2)c(C)c1F. The molecule has 1 fully saturated rings. The number of ether oxygens (including phenoxy) is 1. The summed E-state index contributed by atoms with van der Waals surface area (Å²) in [7, 11) is -2.31. The molecule has 20 heavy (non-hydrogen) atoms. The molecule has 5 nitrogen and oxygen atoms in total. The average molecular weight is 302 g/mol. The largest absolute Gasteiger partial charge is 0.494 e. The zero-order valence-corrected chi connectivity index (χ0v) is 12.5. The van der Waals surface area contributed by atoms with Crippen LogP contribution in [-0.2, 0) is 10.0 Å². The second-order valence-corrected chi connectivity index (χ2v) is 6.62. The van der Waals surface area contributed by atoms with Crippen LogP contribution in [0.5, 0.6) is 5.75 Å². The highest BCUT2D eigenvalue weighted by molar-refractivity contribution is 7.89. The Morgan fingerprint density at radius 2 is 2.05 bits per heavy atom. The fourth-order valence-electron chi connectivity index (χ4n) is 2.28. The van der Waals surface area contributed by atoms with Gasteiger partial charge in [-0.25, -0.2) is 12.8 Å². The standard InChI is InChI=1S/C13H19FN2O3S/c1-10-12(5-4-11(19-2)13(10)14)20(17,18)16-8-3-6-15-7-9-16/h4-5,15H,3,6-9H2,1-2H3. The molecule has 1 heterocycles. The Hall–Kier alpha value is -1.18. The van der Waals surface area contributed by atoms with Crippen molar-refractivity contribution in [3.63, 3.8) is 0 Å². The van der Waals surface area contributed by atoms with Crippen LogP contribution < -0.4 is 10.1 Å². The zero-order chi connectivity index (χ0) is 14.8. The number of benzene rings is 1. The van der Waals surface area contributed by atoms with E-state index in [-0.39, 0.29) is 16.2 Å². The van der Waals surface area contributed by atoms with E-state index < -0.39 is 15.8 Å². The molecule has 1 aliphatic heterocycles. The van der Waals surface area contributed by atoms with E-state index >= 15 is 0 Å². The maximum Gasteiger partial charge on any atom is 0.243 e. The monoisotopic (exact) mass is 302 g/mol. The molecular formula is C13H19FN2O3S. The first-order chi connectivity index (χ1) is 9.48. The maximum atomic E-state index is 14.0. The van der Waals surface area contributed by atoms with Gasteiger partial charge in [-0.3, -0.25) is 0 Å². The van der Waals surface area contributed by atoms with Gasteiger partial charge in [0.25, 0.3) is 0 Å². The van der Waals surface area contributed by atoms with Crippen LogP contribution in [0.1, 0.15) is 12.0 Å². The maximum absolute atomic E-state index is 14.0. The summed E-state index contributed by atoms with van der Waals surface area (Å²) in [6, 6.07) is 2.76. The van der Waals surface area contributed by atoms with Gasteiger partial charge < -0.3 is 10.1 Å². The van der Waals surface area contributed by atoms with Crippen molar-refractivity contribution < 1.29 is 17.5 Å². The first kappa shape index (κ1) is 15.2. The number of methoxy groups -OCH3 is 1. The Bertz CT molecular complexity index is 582. The van der Waals surface area contributed by atoms with E-state index in [0.29, 0.717) is 19.6 Å². The Morgan fingerprint density at radius 1 is 1.30 bits per heavy atom. The number of nitrogens with one attached hydrogen (secondary N) is 1. The Kier molecular flexibility index (Phi) is 4.62. The number of halogens is 1. The van der Waals surface area contributed by atoms with E-state index in [4.69, 9.17) is 4.74 Å². The molecule has 1 saturated heterocycles. The number of hydrogen-bond acceptors (Lipinski definition) is 4. The van der Waals surface area contributed by atoms with E-state index in [2.05, 4.69) is 5.32 Å². The second-order valence-electron chi connectivity index (χ2n) is 4.71. The fourth-order valence-corrected chi connectivity index (χ4v) is 3.98. The van der Waals surface area contributed by atoms with Gasteiger partial charge in [-0.1, -0.05) is 0 Å². The minimum Gasteiger partial charge on any atom is -0.494 e. The third kappa shape index (κ3) is 2.79. The Morgan fingerprint density at radius 3 is 2.75 bits per heavy atom. The van der Waals surface area contributed by atoms with Crippen molar-refractivity contribution in [1.82, 2.24) is 9.62 Å². The topological polar surface area (TPSA) is 58.6 Å². The summed E-state index contributed by atoms with van der Waals surface area (Å²) in [4.78, 5) is 0.0118. The van der Waals surface area contributed by atoms with Crippen LogP contribution in [0.25, 0.3) is 0 Å². The van der Waals surface area contributed by atoms with Gasteiger partial charge in [-0.05, 0) is 32.0 Å². The minimum absolute atomic E-state index is 0.0118. The quantitative estimate of drug-likeness (QED) is 0.909. The van der Waals surface area contributed by atoms with Gasteiger partial charge in [0.1, 0.15) is 0 Å². The van der Waals surface area contributed by atoms with Gasteiger partial charge in [-0.2, -0.15) is 4.31 Å². The molecule has 0 saturated carbocycles. The van der Waals surface area contributed by atoms with Gasteiger partial charge >= 0.3 is 0 Å². The predicted octanol–water partition coefficient (Wildman–Crippen LogP) is 1.13. The van der Waals surface area contributed by atoms with Crippen molar-refractivity contribution >= 4 is 10.0 Å². The number of hydrogen-bond donors (Lipinski definition) is 1. The highest BCUT2D eigenvalue weighted by Crippen LogP contribution is 2.28. The molecule has 0 spiro atoms. The molecule has 112 valence electrons. The summed E-state index contributed by atoms with van der Waals surface area (Å²) in [5.74, 6) is -0.569. The molecule has 1 aromatic rings. The fraction of sp³-hybridized carbons (Fsp3) is 0.538. The van der Waals surface area contributed by atoms with Crippen LogP contribution in [0.2, 0.25) is 0 Å². The molecule has 7 heteroatoms. The smallest absolute Gasteiger partial charge is 0.243 e. The lowest BCUT2D eigenvalue weighted by Gasteiger charge is -2.21. The van der Waals surface area contributed by atoms with E-state index in [1.807, 2.05) is 0 Å². The van der Waals surface area contributed by atoms with Crippen molar-refractivity contribution in [3.8, 4) is 5.75 Å². The van der Waals surface area contributed by atoms with E-state index in [9.17, 15) is 12.8 Å². The van der Waals surface area contributed by atoms with E-state index in [1.54, 1.807) is 0 Å². The third-order valence-corrected chi connectivity index (χ3v) is 5.48. The number of sulfonamides is 1. The van der Waals surface area contributed by atoms with Crippen molar-refractivity contribution in [3.05, 3.63) is 23.5 Å². The van der Waals surface area contributed by atoms with Crippen molar-refractivity contribution in [2.75, 3.05) is 33.3 Å². The predicted molar refractivity (Wildman–Crippen MR) is 73.9 cm³/mol. The number of rotatable bonds is 3. The van der Waals surface area contributed by atoms with Crippen LogP contribution >= 0.6 is 0 Å². The van der Waals surface area contributed by atoms with Crippen molar-refractivity contribution in [2.45, 2.75) is 18.2 Å². The molecule has 0 amide bonds. The molecule has 0 aromatic heterocycles. The van der Waals surface area contributed by atoms with Gasteiger partial charge in [0, 0.05) is 25.2 Å². The van der Waals surface area contributed by atoms with Crippen LogP contribution in [0.3, 0.4) is 0 Å². The lowest BCUT2D eigenvalue weighted by atomic mass is 10.2. The molecule has 1 N–H and O–H groups in total. The normalized spacial score (nSPS) is 17.8. The first-order valence-corrected chi connectivity index (χ1v) is 7.96. The van der Waals surface area contributed by atoms with Crippen LogP contribution in [0.4, 0.5) is 4.39 Å². The van der Waals surface area contributed by atoms with Gasteiger partial charge in [0.05, 0.1) is 12.0 Å². The molecule has 0 aliphatic carbocycles. The summed E-state index contributed by atoms with van der Waals surface area (Å²) >= 11 is 0. The summed E-state index contributed by atoms with van der Waals surface area (Å²) in [5, 5.41) is 3.14. The summed E-state index contributed by atoms with van der Waals surface area (Å²) in [5.41, 5.74) is 0.0987. The highest BCUT2D eigenvalue weighted by Gasteiger charge is 2.28. The molecule has 0 atom stereocenters. The molecular weight excluding hydrogens is 283 g/mol.